The van der Waals surface area contributed by atoms with E-state index in [-0.39, 0.29) is 18.2 Å². The molecule has 1 aromatic rings. The molecule has 4 rings (SSSR count). The van der Waals surface area contributed by atoms with Gasteiger partial charge in [0, 0.05) is 12.7 Å². The minimum absolute atomic E-state index is 0.0124. The first-order valence-corrected chi connectivity index (χ1v) is 11.1. The third-order valence-electron chi connectivity index (χ3n) is 5.95. The highest BCUT2D eigenvalue weighted by atomic mass is 16.5. The van der Waals surface area contributed by atoms with Crippen molar-refractivity contribution >= 4 is 23.3 Å². The van der Waals surface area contributed by atoms with Gasteiger partial charge in [0.2, 0.25) is 5.91 Å². The number of hydrogen-bond acceptors (Lipinski definition) is 5. The number of para-hydroxylation sites is 2. The minimum atomic E-state index is -1.17. The highest BCUT2D eigenvalue weighted by Crippen LogP contribution is 2.29. The third-order valence-corrected chi connectivity index (χ3v) is 5.95. The molecule has 7 nitrogen and oxygen atoms in total. The minimum Gasteiger partial charge on any atom is -0.490 e. The van der Waals surface area contributed by atoms with Gasteiger partial charge < -0.3 is 10.1 Å². The molecule has 3 aliphatic heterocycles. The number of amides is 2. The van der Waals surface area contributed by atoms with E-state index >= 15 is 0 Å². The van der Waals surface area contributed by atoms with E-state index in [4.69, 9.17) is 4.74 Å². The molecule has 0 bridgehead atoms. The smallest absolute Gasteiger partial charge is 0.252 e. The number of fused-ring (bicyclic) bond motifs is 1. The first-order valence-electron chi connectivity index (χ1n) is 11.1. The van der Waals surface area contributed by atoms with Gasteiger partial charge in [0.25, 0.3) is 5.91 Å². The molecule has 31 heavy (non-hydrogen) atoms. The molecule has 1 saturated heterocycles. The zero-order valence-electron chi connectivity index (χ0n) is 18.0. The van der Waals surface area contributed by atoms with Crippen LogP contribution in [0.4, 0.5) is 5.69 Å². The van der Waals surface area contributed by atoms with Crippen LogP contribution in [0.2, 0.25) is 0 Å². The molecule has 7 heteroatoms. The number of ether oxygens (including phenoxy) is 1. The van der Waals surface area contributed by atoms with Crippen LogP contribution in [0.3, 0.4) is 0 Å². The lowest BCUT2D eigenvalue weighted by atomic mass is 9.94. The molecule has 164 valence electrons. The summed E-state index contributed by atoms with van der Waals surface area (Å²) >= 11 is 0. The molecule has 3 aliphatic rings. The van der Waals surface area contributed by atoms with Crippen LogP contribution in [-0.4, -0.2) is 59.2 Å². The van der Waals surface area contributed by atoms with Crippen LogP contribution in [0.25, 0.3) is 0 Å². The van der Waals surface area contributed by atoms with Crippen molar-refractivity contribution in [3.63, 3.8) is 0 Å². The molecule has 0 saturated carbocycles. The summed E-state index contributed by atoms with van der Waals surface area (Å²) in [5, 5.41) is 2.94. The van der Waals surface area contributed by atoms with Gasteiger partial charge in [-0.1, -0.05) is 31.1 Å². The Labute approximate surface area is 183 Å². The average molecular weight is 423 g/mol. The van der Waals surface area contributed by atoms with Crippen LogP contribution in [-0.2, 0) is 9.59 Å². The lowest BCUT2D eigenvalue weighted by Gasteiger charge is -2.34. The molecule has 0 radical (unpaired) electrons. The van der Waals surface area contributed by atoms with Crippen molar-refractivity contribution in [2.45, 2.75) is 44.6 Å². The van der Waals surface area contributed by atoms with Gasteiger partial charge in [-0.15, -0.1) is 0 Å². The number of aliphatic imine (C=N–C) groups is 1. The number of carbonyl (C=O) groups excluding carboxylic acids is 2. The molecule has 3 heterocycles. The van der Waals surface area contributed by atoms with E-state index in [0.29, 0.717) is 23.9 Å². The van der Waals surface area contributed by atoms with E-state index < -0.39 is 5.54 Å². The van der Waals surface area contributed by atoms with E-state index in [9.17, 15) is 9.59 Å². The van der Waals surface area contributed by atoms with Crippen LogP contribution in [0.15, 0.2) is 53.7 Å². The summed E-state index contributed by atoms with van der Waals surface area (Å²) in [7, 11) is 0. The highest BCUT2D eigenvalue weighted by molar-refractivity contribution is 6.13. The largest absolute Gasteiger partial charge is 0.490 e. The van der Waals surface area contributed by atoms with Crippen LogP contribution in [0.5, 0.6) is 5.75 Å². The first kappa shape index (κ1) is 21.3. The Morgan fingerprint density at radius 2 is 1.94 bits per heavy atom. The topological polar surface area (TPSA) is 74.2 Å². The number of rotatable bonds is 6. The number of likely N-dealkylation sites (tertiary alicyclic amines) is 1. The fraction of sp³-hybridized carbons (Fsp3) is 0.458. The second-order valence-corrected chi connectivity index (χ2v) is 8.44. The van der Waals surface area contributed by atoms with Gasteiger partial charge >= 0.3 is 0 Å². The predicted molar refractivity (Wildman–Crippen MR) is 121 cm³/mol. The molecule has 0 spiro atoms. The second kappa shape index (κ2) is 9.47. The molecule has 0 aromatic heterocycles. The Morgan fingerprint density at radius 3 is 2.74 bits per heavy atom. The van der Waals surface area contributed by atoms with E-state index in [2.05, 4.69) is 15.2 Å². The summed E-state index contributed by atoms with van der Waals surface area (Å²) in [4.78, 5) is 34.2. The Kier molecular flexibility index (Phi) is 6.51. The van der Waals surface area contributed by atoms with Gasteiger partial charge in [0.15, 0.2) is 0 Å². The summed E-state index contributed by atoms with van der Waals surface area (Å²) in [5.74, 6) is 0.648. The van der Waals surface area contributed by atoms with Gasteiger partial charge in [-0.25, -0.2) is 0 Å². The number of allylic oxidation sites excluding steroid dienone is 2. The number of nitrogens with zero attached hydrogens (tertiary/aromatic N) is 3. The van der Waals surface area contributed by atoms with Crippen molar-refractivity contribution in [1.82, 2.24) is 9.80 Å². The summed E-state index contributed by atoms with van der Waals surface area (Å²) in [6.45, 7) is 5.37. The van der Waals surface area contributed by atoms with E-state index in [1.54, 1.807) is 31.4 Å². The average Bonchev–Trinajstić information content (AvgIpc) is 3.04. The van der Waals surface area contributed by atoms with Gasteiger partial charge in [-0.2, -0.15) is 0 Å². The number of amidine groups is 1. The second-order valence-electron chi connectivity index (χ2n) is 8.44. The van der Waals surface area contributed by atoms with E-state index in [1.807, 2.05) is 24.3 Å². The van der Waals surface area contributed by atoms with Gasteiger partial charge in [-0.3, -0.25) is 24.4 Å². The number of benzene rings is 1. The van der Waals surface area contributed by atoms with Crippen LogP contribution in [0.1, 0.15) is 39.0 Å². The quantitative estimate of drug-likeness (QED) is 0.763. The molecule has 1 N–H and O–H groups in total. The Morgan fingerprint density at radius 1 is 1.16 bits per heavy atom. The van der Waals surface area contributed by atoms with E-state index in [0.717, 1.165) is 19.6 Å². The summed E-state index contributed by atoms with van der Waals surface area (Å²) < 4.78 is 6.02. The monoisotopic (exact) mass is 422 g/mol. The van der Waals surface area contributed by atoms with Crippen molar-refractivity contribution in [1.29, 1.82) is 0 Å². The summed E-state index contributed by atoms with van der Waals surface area (Å²) in [6.07, 6.45) is 12.1. The molecular formula is C24H30N4O3. The molecule has 1 fully saturated rings. The summed E-state index contributed by atoms with van der Waals surface area (Å²) in [5.41, 5.74) is -0.573. The van der Waals surface area contributed by atoms with Crippen LogP contribution >= 0.6 is 0 Å². The fourth-order valence-corrected chi connectivity index (χ4v) is 4.14. The third kappa shape index (κ3) is 5.05. The van der Waals surface area contributed by atoms with Crippen molar-refractivity contribution in [2.24, 2.45) is 4.99 Å². The Balaban J connectivity index is 1.41. The molecule has 0 aliphatic carbocycles. The van der Waals surface area contributed by atoms with Crippen molar-refractivity contribution in [2.75, 3.05) is 31.6 Å². The molecule has 1 aromatic carbocycles. The maximum Gasteiger partial charge on any atom is 0.252 e. The van der Waals surface area contributed by atoms with Gasteiger partial charge in [0.05, 0.1) is 12.1 Å². The molecule has 1 atom stereocenters. The summed E-state index contributed by atoms with van der Waals surface area (Å²) in [6, 6.07) is 7.42. The van der Waals surface area contributed by atoms with Gasteiger partial charge in [0.1, 0.15) is 23.7 Å². The Hall–Kier alpha value is -2.93. The predicted octanol–water partition coefficient (Wildman–Crippen LogP) is 3.35. The molecule has 1 unspecified atom stereocenters. The number of hydrogen-bond donors (Lipinski definition) is 1. The first-order chi connectivity index (χ1) is 15.0. The lowest BCUT2D eigenvalue weighted by Crippen LogP contribution is -2.50. The van der Waals surface area contributed by atoms with Crippen LogP contribution in [0, 0.1) is 0 Å². The van der Waals surface area contributed by atoms with Crippen LogP contribution < -0.4 is 10.1 Å². The van der Waals surface area contributed by atoms with Crippen molar-refractivity contribution in [3.05, 3.63) is 48.7 Å². The normalized spacial score (nSPS) is 23.7. The van der Waals surface area contributed by atoms with Crippen molar-refractivity contribution < 1.29 is 14.3 Å². The maximum absolute atomic E-state index is 13.1. The molecular weight excluding hydrogens is 392 g/mol. The maximum atomic E-state index is 13.1. The number of carbonyl (C=O) groups is 2. The van der Waals surface area contributed by atoms with Crippen molar-refractivity contribution in [3.8, 4) is 5.75 Å². The highest BCUT2D eigenvalue weighted by Gasteiger charge is 2.42. The zero-order valence-corrected chi connectivity index (χ0v) is 18.0. The zero-order chi connectivity index (χ0) is 21.7. The number of nitrogens with one attached hydrogen (secondary N) is 1. The number of anilines is 1. The molecule has 2 amide bonds. The fourth-order valence-electron chi connectivity index (χ4n) is 4.14. The lowest BCUT2D eigenvalue weighted by molar-refractivity contribution is -0.132. The van der Waals surface area contributed by atoms with Gasteiger partial charge in [-0.05, 0) is 57.1 Å². The SMILES string of the molecule is CC1(C(=O)Nc2ccccc2OCCN2CCCCCC2)CC(=O)N2C=CC=CC2=N1. The standard InChI is InChI=1S/C24H30N4O3/c1-24(18-22(29)28-15-9-6-12-21(28)26-24)23(30)25-19-10-4-5-11-20(19)31-17-16-27-13-7-2-3-8-14-27/h4-6,9-12,15H,2-3,7-8,13-14,16-18H2,1H3,(H,25,30). The Bertz CT molecular complexity index is 915. The van der Waals surface area contributed by atoms with E-state index in [1.165, 1.54) is 30.6 Å².